The number of hydrogen-bond donors (Lipinski definition) is 0. The van der Waals surface area contributed by atoms with Gasteiger partial charge in [-0.3, -0.25) is 9.38 Å². The Labute approximate surface area is 71.1 Å². The molecular weight excluding hydrogens is 167 g/mol. The van der Waals surface area contributed by atoms with Crippen molar-refractivity contribution in [2.45, 2.75) is 6.30 Å². The summed E-state index contributed by atoms with van der Waals surface area (Å²) in [5.74, 6) is 0. The predicted molar refractivity (Wildman–Crippen MR) is 42.1 cm³/mol. The van der Waals surface area contributed by atoms with Crippen molar-refractivity contribution >= 4 is 11.6 Å². The van der Waals surface area contributed by atoms with Crippen LogP contribution in [0.15, 0.2) is 0 Å². The van der Waals surface area contributed by atoms with Gasteiger partial charge in [0.25, 0.3) is 0 Å². The van der Waals surface area contributed by atoms with E-state index in [0.29, 0.717) is 17.0 Å². The number of rotatable bonds is 1. The molecule has 3 saturated heterocycles. The molecule has 0 amide bonds. The molecule has 0 aromatic rings. The molecule has 0 aliphatic carbocycles. The second-order valence-corrected chi connectivity index (χ2v) is 3.76. The van der Waals surface area contributed by atoms with Crippen molar-refractivity contribution in [1.82, 2.24) is 4.90 Å². The Morgan fingerprint density at radius 2 is 2.09 bits per heavy atom. The minimum absolute atomic E-state index is 0.439. The zero-order valence-corrected chi connectivity index (χ0v) is 7.23. The van der Waals surface area contributed by atoms with Crippen molar-refractivity contribution in [2.75, 3.05) is 38.7 Å². The molecule has 3 heterocycles. The zero-order valence-electron chi connectivity index (χ0n) is 6.47. The SMILES string of the molecule is FC1CN2CC[N+]1(CCl)CC2. The predicted octanol–water partition coefficient (Wildman–Crippen LogP) is 0.624. The second-order valence-electron chi connectivity index (χ2n) is 3.52. The summed E-state index contributed by atoms with van der Waals surface area (Å²) >= 11 is 5.77. The maximum absolute atomic E-state index is 13.4. The molecule has 3 aliphatic heterocycles. The first-order chi connectivity index (χ1) is 5.27. The van der Waals surface area contributed by atoms with Gasteiger partial charge in [0, 0.05) is 13.1 Å². The quantitative estimate of drug-likeness (QED) is 0.324. The lowest BCUT2D eigenvalue weighted by Gasteiger charge is -2.51. The molecule has 2 bridgehead atoms. The van der Waals surface area contributed by atoms with Crippen molar-refractivity contribution < 1.29 is 8.87 Å². The van der Waals surface area contributed by atoms with E-state index in [-0.39, 0.29) is 0 Å². The normalized spacial score (nSPS) is 49.6. The van der Waals surface area contributed by atoms with Crippen LogP contribution in [-0.2, 0) is 0 Å². The molecule has 64 valence electrons. The Morgan fingerprint density at radius 1 is 1.45 bits per heavy atom. The number of fused-ring (bicyclic) bond motifs is 3. The number of hydrogen-bond acceptors (Lipinski definition) is 1. The third-order valence-electron chi connectivity index (χ3n) is 2.96. The summed E-state index contributed by atoms with van der Waals surface area (Å²) < 4.78 is 13.9. The van der Waals surface area contributed by atoms with E-state index in [2.05, 4.69) is 4.90 Å². The fourth-order valence-corrected chi connectivity index (χ4v) is 2.34. The average Bonchev–Trinajstić information content (AvgIpc) is 2.07. The maximum Gasteiger partial charge on any atom is 0.245 e. The lowest BCUT2D eigenvalue weighted by atomic mass is 10.1. The molecule has 0 N–H and O–H groups in total. The Bertz CT molecular complexity index is 157. The summed E-state index contributed by atoms with van der Waals surface area (Å²) in [4.78, 5) is 2.18. The van der Waals surface area contributed by atoms with Gasteiger partial charge in [0.15, 0.2) is 6.00 Å². The largest absolute Gasteiger partial charge is 0.284 e. The highest BCUT2D eigenvalue weighted by molar-refractivity contribution is 6.17. The minimum atomic E-state index is -0.741. The van der Waals surface area contributed by atoms with Gasteiger partial charge in [-0.05, 0) is 0 Å². The van der Waals surface area contributed by atoms with Crippen molar-refractivity contribution in [3.8, 4) is 0 Å². The summed E-state index contributed by atoms with van der Waals surface area (Å²) in [7, 11) is 0. The van der Waals surface area contributed by atoms with Crippen LogP contribution in [0.1, 0.15) is 0 Å². The first-order valence-corrected chi connectivity index (χ1v) is 4.58. The molecule has 0 saturated carbocycles. The third-order valence-corrected chi connectivity index (χ3v) is 3.44. The summed E-state index contributed by atoms with van der Waals surface area (Å²) in [5.41, 5.74) is 0. The first kappa shape index (κ1) is 7.77. The van der Waals surface area contributed by atoms with Crippen molar-refractivity contribution in [1.29, 1.82) is 0 Å². The second kappa shape index (κ2) is 2.57. The van der Waals surface area contributed by atoms with Gasteiger partial charge in [-0.25, -0.2) is 0 Å². The lowest BCUT2D eigenvalue weighted by molar-refractivity contribution is -0.968. The first-order valence-electron chi connectivity index (χ1n) is 4.05. The van der Waals surface area contributed by atoms with Gasteiger partial charge in [-0.2, -0.15) is 4.39 Å². The molecule has 1 atom stereocenters. The van der Waals surface area contributed by atoms with Crippen molar-refractivity contribution in [3.63, 3.8) is 0 Å². The summed E-state index contributed by atoms with van der Waals surface area (Å²) in [6.45, 7) is 4.42. The molecule has 0 spiro atoms. The van der Waals surface area contributed by atoms with Crippen molar-refractivity contribution in [2.24, 2.45) is 0 Å². The minimum Gasteiger partial charge on any atom is -0.284 e. The number of nitrogens with zero attached hydrogens (tertiary/aromatic N) is 2. The maximum atomic E-state index is 13.4. The number of alkyl halides is 2. The standard InChI is InChI=1S/C7H13ClFN2/c8-6-11-3-1-10(2-4-11)5-7(11)9/h7H,1-6H2/q+1. The molecule has 3 fully saturated rings. The zero-order chi connectivity index (χ0) is 7.90. The number of halogens is 2. The lowest BCUT2D eigenvalue weighted by Crippen LogP contribution is -2.70. The molecule has 3 rings (SSSR count). The van der Waals surface area contributed by atoms with Gasteiger partial charge in [0.2, 0.25) is 6.30 Å². The highest BCUT2D eigenvalue weighted by atomic mass is 35.5. The molecule has 0 aromatic carbocycles. The van der Waals surface area contributed by atoms with Gasteiger partial charge in [0.05, 0.1) is 19.6 Å². The van der Waals surface area contributed by atoms with Gasteiger partial charge in [-0.15, -0.1) is 0 Å². The molecule has 11 heavy (non-hydrogen) atoms. The van der Waals surface area contributed by atoms with E-state index in [4.69, 9.17) is 11.6 Å². The van der Waals surface area contributed by atoms with E-state index in [9.17, 15) is 4.39 Å². The monoisotopic (exact) mass is 179 g/mol. The molecule has 2 nitrogen and oxygen atoms in total. The smallest absolute Gasteiger partial charge is 0.245 e. The Balaban J connectivity index is 2.16. The van der Waals surface area contributed by atoms with Crippen LogP contribution in [0.25, 0.3) is 0 Å². The Hall–Kier alpha value is 0.140. The highest BCUT2D eigenvalue weighted by Gasteiger charge is 2.46. The van der Waals surface area contributed by atoms with Crippen LogP contribution in [0.5, 0.6) is 0 Å². The molecule has 1 unspecified atom stereocenters. The topological polar surface area (TPSA) is 3.24 Å². The van der Waals surface area contributed by atoms with Gasteiger partial charge < -0.3 is 0 Å². The van der Waals surface area contributed by atoms with E-state index < -0.39 is 6.30 Å². The van der Waals surface area contributed by atoms with Crippen LogP contribution in [0, 0.1) is 0 Å². The number of quaternary nitrogens is 1. The van der Waals surface area contributed by atoms with Crippen molar-refractivity contribution in [3.05, 3.63) is 0 Å². The molecular formula is C7H13ClFN2+. The van der Waals surface area contributed by atoms with E-state index in [1.807, 2.05) is 0 Å². The van der Waals surface area contributed by atoms with Crippen LogP contribution >= 0.6 is 11.6 Å². The molecule has 4 heteroatoms. The van der Waals surface area contributed by atoms with Crippen LogP contribution in [0.4, 0.5) is 4.39 Å². The van der Waals surface area contributed by atoms with Gasteiger partial charge in [-0.1, -0.05) is 11.6 Å². The fraction of sp³-hybridized carbons (Fsp3) is 1.00. The fourth-order valence-electron chi connectivity index (χ4n) is 1.95. The molecule has 0 radical (unpaired) electrons. The van der Waals surface area contributed by atoms with Crippen LogP contribution < -0.4 is 0 Å². The molecule has 3 aliphatic rings. The van der Waals surface area contributed by atoms with E-state index in [1.54, 1.807) is 0 Å². The Kier molecular flexibility index (Phi) is 1.82. The van der Waals surface area contributed by atoms with E-state index in [1.165, 1.54) is 0 Å². The third kappa shape index (κ3) is 1.06. The van der Waals surface area contributed by atoms with Gasteiger partial charge >= 0.3 is 0 Å². The van der Waals surface area contributed by atoms with E-state index in [0.717, 1.165) is 26.2 Å². The van der Waals surface area contributed by atoms with E-state index >= 15 is 0 Å². The summed E-state index contributed by atoms with van der Waals surface area (Å²) in [6.07, 6.45) is -0.741. The summed E-state index contributed by atoms with van der Waals surface area (Å²) in [6, 6.07) is 0.439. The van der Waals surface area contributed by atoms with Crippen LogP contribution in [0.3, 0.4) is 0 Å². The Morgan fingerprint density at radius 3 is 2.45 bits per heavy atom. The number of piperazine rings is 3. The van der Waals surface area contributed by atoms with Crippen LogP contribution in [0.2, 0.25) is 0 Å². The molecule has 0 aromatic heterocycles. The average molecular weight is 180 g/mol. The highest BCUT2D eigenvalue weighted by Crippen LogP contribution is 2.26. The van der Waals surface area contributed by atoms with Gasteiger partial charge in [0.1, 0.15) is 0 Å². The summed E-state index contributed by atoms with van der Waals surface area (Å²) in [5, 5.41) is 0. The van der Waals surface area contributed by atoms with Crippen LogP contribution in [-0.4, -0.2) is 54.4 Å².